The second-order valence-corrected chi connectivity index (χ2v) is 21.0. The van der Waals surface area contributed by atoms with E-state index in [2.05, 4.69) is 285 Å². The van der Waals surface area contributed by atoms with Crippen LogP contribution in [0.25, 0.3) is 164 Å². The third-order valence-corrected chi connectivity index (χ3v) is 16.7. The van der Waals surface area contributed by atoms with Crippen LogP contribution in [-0.2, 0) is 0 Å². The van der Waals surface area contributed by atoms with Crippen LogP contribution in [0.2, 0.25) is 0 Å². The van der Waals surface area contributed by atoms with Crippen LogP contribution in [0.5, 0.6) is 0 Å². The fourth-order valence-corrected chi connectivity index (χ4v) is 13.1. The minimum Gasteiger partial charge on any atom is -0.456 e. The summed E-state index contributed by atoms with van der Waals surface area (Å²) >= 11 is 0. The molecule has 79 heavy (non-hydrogen) atoms. The number of fused-ring (bicyclic) bond motifs is 9. The Labute approximate surface area is 457 Å². The molecule has 1 heteroatoms. The zero-order valence-electron chi connectivity index (χ0n) is 43.1. The summed E-state index contributed by atoms with van der Waals surface area (Å²) < 4.78 is 6.43. The Morgan fingerprint density at radius 2 is 0.557 bits per heavy atom. The van der Waals surface area contributed by atoms with Gasteiger partial charge in [0.1, 0.15) is 11.2 Å². The van der Waals surface area contributed by atoms with E-state index in [1.165, 1.54) is 137 Å². The Morgan fingerprint density at radius 1 is 0.165 bits per heavy atom. The van der Waals surface area contributed by atoms with Crippen molar-refractivity contribution in [3.63, 3.8) is 0 Å². The Morgan fingerprint density at radius 3 is 1.16 bits per heavy atom. The van der Waals surface area contributed by atoms with Gasteiger partial charge in [0.25, 0.3) is 0 Å². The maximum absolute atomic E-state index is 6.43. The fourth-order valence-electron chi connectivity index (χ4n) is 13.1. The van der Waals surface area contributed by atoms with Gasteiger partial charge >= 0.3 is 0 Å². The van der Waals surface area contributed by atoms with Crippen molar-refractivity contribution in [1.29, 1.82) is 0 Å². The number of hydrogen-bond donors (Lipinski definition) is 0. The molecule has 0 unspecified atom stereocenters. The average Bonchev–Trinajstić information content (AvgIpc) is 4.07. The van der Waals surface area contributed by atoms with Gasteiger partial charge in [-0.25, -0.2) is 0 Å². The van der Waals surface area contributed by atoms with Gasteiger partial charge in [0.05, 0.1) is 0 Å². The van der Waals surface area contributed by atoms with Crippen LogP contribution in [0.4, 0.5) is 0 Å². The molecule has 1 nitrogen and oxygen atoms in total. The Hall–Kier alpha value is -10.3. The van der Waals surface area contributed by atoms with Crippen molar-refractivity contribution in [2.24, 2.45) is 0 Å². The number of para-hydroxylation sites is 1. The minimum atomic E-state index is 0.902. The number of benzene rings is 15. The fraction of sp³-hybridized carbons (Fsp3) is 0. The molecule has 0 bridgehead atoms. The molecule has 0 aliphatic rings. The highest BCUT2D eigenvalue weighted by atomic mass is 16.3. The lowest BCUT2D eigenvalue weighted by molar-refractivity contribution is 0.669. The summed E-state index contributed by atoms with van der Waals surface area (Å²) in [6.45, 7) is 0. The van der Waals surface area contributed by atoms with Gasteiger partial charge in [-0.2, -0.15) is 0 Å². The molecule has 0 aliphatic carbocycles. The molecule has 16 rings (SSSR count). The van der Waals surface area contributed by atoms with E-state index in [9.17, 15) is 0 Å². The van der Waals surface area contributed by atoms with Crippen molar-refractivity contribution in [2.75, 3.05) is 0 Å². The first-order valence-corrected chi connectivity index (χ1v) is 27.3. The summed E-state index contributed by atoms with van der Waals surface area (Å²) in [5.41, 5.74) is 18.8. The summed E-state index contributed by atoms with van der Waals surface area (Å²) in [7, 11) is 0. The molecule has 0 aliphatic heterocycles. The van der Waals surface area contributed by atoms with Crippen LogP contribution in [0.3, 0.4) is 0 Å². The summed E-state index contributed by atoms with van der Waals surface area (Å²) in [5, 5.41) is 17.1. The van der Waals surface area contributed by atoms with E-state index in [0.29, 0.717) is 0 Å². The second kappa shape index (κ2) is 18.2. The molecule has 366 valence electrons. The van der Waals surface area contributed by atoms with Crippen LogP contribution in [0, 0.1) is 0 Å². The van der Waals surface area contributed by atoms with Gasteiger partial charge in [-0.1, -0.05) is 267 Å². The van der Waals surface area contributed by atoms with Gasteiger partial charge in [-0.15, -0.1) is 0 Å². The summed E-state index contributed by atoms with van der Waals surface area (Å²) in [4.78, 5) is 0. The van der Waals surface area contributed by atoms with E-state index in [1.807, 2.05) is 6.07 Å². The monoisotopic (exact) mass is 1000 g/mol. The van der Waals surface area contributed by atoms with Crippen LogP contribution < -0.4 is 0 Å². The first-order chi connectivity index (χ1) is 39.2. The van der Waals surface area contributed by atoms with Crippen LogP contribution in [0.15, 0.2) is 296 Å². The highest BCUT2D eigenvalue weighted by Gasteiger charge is 2.21. The molecule has 1 heterocycles. The maximum Gasteiger partial charge on any atom is 0.136 e. The van der Waals surface area contributed by atoms with Gasteiger partial charge < -0.3 is 4.42 Å². The standard InChI is InChI=1S/C78H48O/c1-3-22-58-50(17-1)19-16-33-63(58)78-70-31-11-9-29-68(70)76(69-30-10-12-32-71(69)78)56-21-15-20-55(47-56)49-35-37-52(38-36-49)60-45-43-51-18-2-4-23-59(51)74(60)53-39-41-54(42-40-53)75-64-25-5-7-27-66(64)77(67-28-8-6-26-65(67)75)57-44-46-62-61-24-13-14-34-72(61)79-73(62)48-57/h1-48H. The first kappa shape index (κ1) is 44.9. The largest absolute Gasteiger partial charge is 0.456 e. The van der Waals surface area contributed by atoms with E-state index in [0.717, 1.165) is 27.5 Å². The van der Waals surface area contributed by atoms with Gasteiger partial charge in [0.2, 0.25) is 0 Å². The Balaban J connectivity index is 0.779. The van der Waals surface area contributed by atoms with Crippen molar-refractivity contribution in [3.8, 4) is 77.9 Å². The molecule has 15 aromatic carbocycles. The molecule has 0 atom stereocenters. The maximum atomic E-state index is 6.43. The van der Waals surface area contributed by atoms with E-state index in [-0.39, 0.29) is 0 Å². The molecular formula is C78H48O. The van der Waals surface area contributed by atoms with E-state index >= 15 is 0 Å². The van der Waals surface area contributed by atoms with Crippen molar-refractivity contribution in [1.82, 2.24) is 0 Å². The first-order valence-electron chi connectivity index (χ1n) is 27.3. The molecule has 0 radical (unpaired) electrons. The van der Waals surface area contributed by atoms with Crippen molar-refractivity contribution in [2.45, 2.75) is 0 Å². The smallest absolute Gasteiger partial charge is 0.136 e. The molecule has 0 spiro atoms. The van der Waals surface area contributed by atoms with Crippen LogP contribution in [-0.4, -0.2) is 0 Å². The molecule has 0 saturated carbocycles. The van der Waals surface area contributed by atoms with Crippen LogP contribution in [0.1, 0.15) is 0 Å². The highest BCUT2D eigenvalue weighted by Crippen LogP contribution is 2.48. The molecular weight excluding hydrogens is 953 g/mol. The van der Waals surface area contributed by atoms with Gasteiger partial charge in [-0.3, -0.25) is 0 Å². The molecule has 1 aromatic heterocycles. The molecule has 0 saturated heterocycles. The third kappa shape index (κ3) is 7.24. The zero-order chi connectivity index (χ0) is 52.0. The minimum absolute atomic E-state index is 0.902. The number of furan rings is 1. The third-order valence-electron chi connectivity index (χ3n) is 16.7. The SMILES string of the molecule is c1cc(-c2ccc(-c3ccc4ccccc4c3-c3ccc(-c4c5ccccc5c(-c5ccc6c(c5)oc5ccccc56)c5ccccc45)cc3)cc2)cc(-c2c3ccccc3c(-c3cccc4ccccc34)c3ccccc23)c1. The summed E-state index contributed by atoms with van der Waals surface area (Å²) in [5.74, 6) is 0. The summed E-state index contributed by atoms with van der Waals surface area (Å²) in [6.07, 6.45) is 0. The lowest BCUT2D eigenvalue weighted by Gasteiger charge is -2.19. The lowest BCUT2D eigenvalue weighted by atomic mass is 9.84. The normalized spacial score (nSPS) is 11.8. The van der Waals surface area contributed by atoms with Gasteiger partial charge in [0.15, 0.2) is 0 Å². The Kier molecular flexibility index (Phi) is 10.3. The molecule has 0 fully saturated rings. The lowest BCUT2D eigenvalue weighted by Crippen LogP contribution is -1.92. The van der Waals surface area contributed by atoms with E-state index in [1.54, 1.807) is 0 Å². The number of hydrogen-bond acceptors (Lipinski definition) is 1. The predicted octanol–water partition coefficient (Wildman–Crippen LogP) is 22.2. The number of rotatable bonds is 7. The molecule has 0 N–H and O–H groups in total. The van der Waals surface area contributed by atoms with Gasteiger partial charge in [-0.05, 0) is 167 Å². The zero-order valence-corrected chi connectivity index (χ0v) is 43.1. The van der Waals surface area contributed by atoms with Gasteiger partial charge in [0, 0.05) is 10.8 Å². The summed E-state index contributed by atoms with van der Waals surface area (Å²) in [6, 6.07) is 107. The Bertz CT molecular complexity index is 4990. The highest BCUT2D eigenvalue weighted by molar-refractivity contribution is 6.25. The topological polar surface area (TPSA) is 13.1 Å². The van der Waals surface area contributed by atoms with Crippen molar-refractivity contribution in [3.05, 3.63) is 291 Å². The average molecular weight is 1000 g/mol. The quantitative estimate of drug-likeness (QED) is 0.145. The predicted molar refractivity (Wildman–Crippen MR) is 337 cm³/mol. The second-order valence-electron chi connectivity index (χ2n) is 21.0. The van der Waals surface area contributed by atoms with Crippen LogP contribution >= 0.6 is 0 Å². The molecule has 16 aromatic rings. The van der Waals surface area contributed by atoms with Crippen molar-refractivity contribution < 1.29 is 4.42 Å². The molecule has 0 amide bonds. The van der Waals surface area contributed by atoms with E-state index < -0.39 is 0 Å². The van der Waals surface area contributed by atoms with Crippen molar-refractivity contribution >= 4 is 86.6 Å². The van der Waals surface area contributed by atoms with E-state index in [4.69, 9.17) is 4.42 Å².